The lowest BCUT2D eigenvalue weighted by molar-refractivity contribution is -0.384. The van der Waals surface area contributed by atoms with Gasteiger partial charge in [-0.15, -0.1) is 11.6 Å². The first-order valence-electron chi connectivity index (χ1n) is 4.05. The summed E-state index contributed by atoms with van der Waals surface area (Å²) < 4.78 is 0.673. The number of carbonyl (C=O) groups excluding carboxylic acids is 1. The Morgan fingerprint density at radius 1 is 1.53 bits per heavy atom. The summed E-state index contributed by atoms with van der Waals surface area (Å²) in [5.74, 6) is -0.257. The van der Waals surface area contributed by atoms with Gasteiger partial charge in [-0.3, -0.25) is 14.9 Å². The van der Waals surface area contributed by atoms with Gasteiger partial charge in [-0.25, -0.2) is 0 Å². The Hall–Kier alpha value is -0.940. The monoisotopic (exact) mass is 291 g/mol. The molecule has 6 heteroatoms. The molecule has 0 radical (unpaired) electrons. The van der Waals surface area contributed by atoms with Gasteiger partial charge in [0.25, 0.3) is 5.69 Å². The molecule has 0 saturated carbocycles. The zero-order valence-corrected chi connectivity index (χ0v) is 9.92. The van der Waals surface area contributed by atoms with E-state index in [9.17, 15) is 14.9 Å². The highest BCUT2D eigenvalue weighted by atomic mass is 79.9. The molecule has 0 saturated heterocycles. The van der Waals surface area contributed by atoms with E-state index in [2.05, 4.69) is 15.9 Å². The molecule has 0 unspecified atom stereocenters. The van der Waals surface area contributed by atoms with Crippen molar-refractivity contribution >= 4 is 39.0 Å². The molecule has 80 valence electrons. The third-order valence-corrected chi connectivity index (χ3v) is 2.85. The topological polar surface area (TPSA) is 60.2 Å². The normalized spacial score (nSPS) is 10.0. The van der Waals surface area contributed by atoms with Gasteiger partial charge in [0.1, 0.15) is 0 Å². The summed E-state index contributed by atoms with van der Waals surface area (Å²) in [6.07, 6.45) is 0.103. The Balaban J connectivity index is 3.00. The van der Waals surface area contributed by atoms with Crippen LogP contribution in [0, 0.1) is 10.1 Å². The molecule has 0 fully saturated rings. The summed E-state index contributed by atoms with van der Waals surface area (Å²) in [5, 5.41) is 10.5. The van der Waals surface area contributed by atoms with Crippen LogP contribution in [-0.4, -0.2) is 16.6 Å². The Morgan fingerprint density at radius 3 is 2.73 bits per heavy atom. The fraction of sp³-hybridized carbons (Fsp3) is 0.222. The van der Waals surface area contributed by atoms with Crippen LogP contribution >= 0.6 is 27.5 Å². The highest BCUT2D eigenvalue weighted by molar-refractivity contribution is 9.10. The van der Waals surface area contributed by atoms with Crippen LogP contribution in [0.25, 0.3) is 0 Å². The first-order valence-corrected chi connectivity index (χ1v) is 5.38. The van der Waals surface area contributed by atoms with Crippen LogP contribution in [0.3, 0.4) is 0 Å². The summed E-state index contributed by atoms with van der Waals surface area (Å²) in [6.45, 7) is 0. The number of nitrogens with zero attached hydrogens (tertiary/aromatic N) is 1. The molecule has 0 aliphatic heterocycles. The molecule has 0 N–H and O–H groups in total. The van der Waals surface area contributed by atoms with E-state index in [0.717, 1.165) is 0 Å². The largest absolute Gasteiger partial charge is 0.298 e. The highest BCUT2D eigenvalue weighted by Crippen LogP contribution is 2.23. The SMILES string of the molecule is O=C(CCl)Cc1cc([N+](=O)[O-])ccc1Br. The fourth-order valence-corrected chi connectivity index (χ4v) is 1.55. The second-order valence-electron chi connectivity index (χ2n) is 2.88. The predicted octanol–water partition coefficient (Wildman–Crippen LogP) is 2.71. The quantitative estimate of drug-likeness (QED) is 0.487. The molecule has 0 spiro atoms. The lowest BCUT2D eigenvalue weighted by Gasteiger charge is -2.02. The van der Waals surface area contributed by atoms with E-state index in [0.29, 0.717) is 10.0 Å². The number of rotatable bonds is 4. The van der Waals surface area contributed by atoms with Gasteiger partial charge < -0.3 is 0 Å². The van der Waals surface area contributed by atoms with Crippen LogP contribution in [0.1, 0.15) is 5.56 Å². The number of hydrogen-bond donors (Lipinski definition) is 0. The van der Waals surface area contributed by atoms with Crippen LogP contribution in [0.2, 0.25) is 0 Å². The number of nitro benzene ring substituents is 1. The molecular formula is C9H7BrClNO3. The maximum atomic E-state index is 11.1. The first kappa shape index (κ1) is 12.1. The Labute approximate surface area is 99.5 Å². The van der Waals surface area contributed by atoms with Gasteiger partial charge in [0.15, 0.2) is 5.78 Å². The molecule has 0 bridgehead atoms. The van der Waals surface area contributed by atoms with Gasteiger partial charge in [0, 0.05) is 23.0 Å². The summed E-state index contributed by atoms with van der Waals surface area (Å²) in [5.41, 5.74) is 0.547. The van der Waals surface area contributed by atoms with E-state index in [1.165, 1.54) is 12.1 Å². The number of alkyl halides is 1. The zero-order valence-electron chi connectivity index (χ0n) is 7.57. The maximum Gasteiger partial charge on any atom is 0.269 e. The molecule has 0 amide bonds. The molecule has 4 nitrogen and oxygen atoms in total. The number of hydrogen-bond acceptors (Lipinski definition) is 3. The van der Waals surface area contributed by atoms with Crippen molar-refractivity contribution in [1.29, 1.82) is 0 Å². The summed E-state index contributed by atoms with van der Waals surface area (Å²) in [6, 6.07) is 4.29. The summed E-state index contributed by atoms with van der Waals surface area (Å²) >= 11 is 8.58. The van der Waals surface area contributed by atoms with Crippen molar-refractivity contribution in [3.8, 4) is 0 Å². The number of halogens is 2. The lowest BCUT2D eigenvalue weighted by Crippen LogP contribution is -2.04. The van der Waals surface area contributed by atoms with Gasteiger partial charge in [-0.2, -0.15) is 0 Å². The van der Waals surface area contributed by atoms with E-state index in [1.54, 1.807) is 6.07 Å². The van der Waals surface area contributed by atoms with Crippen molar-refractivity contribution in [2.24, 2.45) is 0 Å². The van der Waals surface area contributed by atoms with Crippen LogP contribution in [0.15, 0.2) is 22.7 Å². The summed E-state index contributed by atoms with van der Waals surface area (Å²) in [4.78, 5) is 21.1. The minimum Gasteiger partial charge on any atom is -0.298 e. The highest BCUT2D eigenvalue weighted by Gasteiger charge is 2.11. The molecule has 0 aliphatic carbocycles. The van der Waals surface area contributed by atoms with Crippen LogP contribution < -0.4 is 0 Å². The number of ketones is 1. The number of nitro groups is 1. The molecule has 0 atom stereocenters. The van der Waals surface area contributed by atoms with Crippen molar-refractivity contribution in [2.75, 3.05) is 5.88 Å². The number of non-ortho nitro benzene ring substituents is 1. The molecule has 1 aromatic carbocycles. The van der Waals surface area contributed by atoms with E-state index in [4.69, 9.17) is 11.6 Å². The van der Waals surface area contributed by atoms with Gasteiger partial charge >= 0.3 is 0 Å². The zero-order chi connectivity index (χ0) is 11.4. The van der Waals surface area contributed by atoms with E-state index in [1.807, 2.05) is 0 Å². The average molecular weight is 293 g/mol. The molecule has 0 aliphatic rings. The number of Topliss-reactive ketones (excluding diaryl/α,β-unsaturated/α-hetero) is 1. The van der Waals surface area contributed by atoms with Gasteiger partial charge in [0.05, 0.1) is 10.8 Å². The molecule has 0 aromatic heterocycles. The minimum atomic E-state index is -0.499. The summed E-state index contributed by atoms with van der Waals surface area (Å²) in [7, 11) is 0. The van der Waals surface area contributed by atoms with E-state index >= 15 is 0 Å². The van der Waals surface area contributed by atoms with Crippen molar-refractivity contribution in [3.05, 3.63) is 38.3 Å². The van der Waals surface area contributed by atoms with Crippen molar-refractivity contribution in [2.45, 2.75) is 6.42 Å². The average Bonchev–Trinajstić information content (AvgIpc) is 2.20. The number of benzene rings is 1. The molecule has 0 heterocycles. The van der Waals surface area contributed by atoms with Gasteiger partial charge in [-0.05, 0) is 11.6 Å². The van der Waals surface area contributed by atoms with Crippen molar-refractivity contribution in [1.82, 2.24) is 0 Å². The molecule has 1 aromatic rings. The fourth-order valence-electron chi connectivity index (χ4n) is 1.07. The third-order valence-electron chi connectivity index (χ3n) is 1.78. The van der Waals surface area contributed by atoms with Crippen LogP contribution in [0.4, 0.5) is 5.69 Å². The van der Waals surface area contributed by atoms with Gasteiger partial charge in [-0.1, -0.05) is 15.9 Å². The predicted molar refractivity (Wildman–Crippen MR) is 60.2 cm³/mol. The molecular weight excluding hydrogens is 285 g/mol. The van der Waals surface area contributed by atoms with Crippen molar-refractivity contribution < 1.29 is 9.72 Å². The Bertz CT molecular complexity index is 408. The second-order valence-corrected chi connectivity index (χ2v) is 4.00. The smallest absolute Gasteiger partial charge is 0.269 e. The third kappa shape index (κ3) is 3.28. The van der Waals surface area contributed by atoms with Crippen LogP contribution in [0.5, 0.6) is 0 Å². The standard InChI is InChI=1S/C9H7BrClNO3/c10-9-2-1-7(12(14)15)3-6(9)4-8(13)5-11/h1-3H,4-5H2. The van der Waals surface area contributed by atoms with E-state index in [-0.39, 0.29) is 23.8 Å². The Morgan fingerprint density at radius 2 is 2.20 bits per heavy atom. The minimum absolute atomic E-state index is 0.0319. The lowest BCUT2D eigenvalue weighted by atomic mass is 10.1. The molecule has 1 rings (SSSR count). The Kier molecular flexibility index (Phi) is 4.23. The number of carbonyl (C=O) groups is 1. The first-order chi connectivity index (χ1) is 7.04. The maximum absolute atomic E-state index is 11.1. The second kappa shape index (κ2) is 5.23. The van der Waals surface area contributed by atoms with E-state index < -0.39 is 4.92 Å². The molecule has 15 heavy (non-hydrogen) atoms. The van der Waals surface area contributed by atoms with Gasteiger partial charge in [0.2, 0.25) is 0 Å². The van der Waals surface area contributed by atoms with Crippen LogP contribution in [-0.2, 0) is 11.2 Å². The van der Waals surface area contributed by atoms with Crippen molar-refractivity contribution in [3.63, 3.8) is 0 Å².